The van der Waals surface area contributed by atoms with Gasteiger partial charge in [-0.3, -0.25) is 4.79 Å². The van der Waals surface area contributed by atoms with Crippen LogP contribution in [0.1, 0.15) is 16.2 Å². The monoisotopic (exact) mass is 373 g/mol. The fourth-order valence-corrected chi connectivity index (χ4v) is 3.04. The summed E-state index contributed by atoms with van der Waals surface area (Å²) < 4.78 is 19.0. The molecule has 2 heterocycles. The maximum atomic E-state index is 14.0. The third kappa shape index (κ3) is 4.71. The minimum Gasteiger partial charge on any atom is -0.383 e. The van der Waals surface area contributed by atoms with Crippen LogP contribution in [0.25, 0.3) is 0 Å². The molecule has 2 aromatic rings. The van der Waals surface area contributed by atoms with Crippen LogP contribution >= 0.6 is 0 Å². The summed E-state index contributed by atoms with van der Waals surface area (Å²) in [6, 6.07) is 8.40. The highest BCUT2D eigenvalue weighted by atomic mass is 19.1. The Hall–Kier alpha value is -2.74. The van der Waals surface area contributed by atoms with Gasteiger partial charge in [0.1, 0.15) is 11.5 Å². The van der Waals surface area contributed by atoms with Crippen LogP contribution in [0, 0.1) is 12.7 Å². The van der Waals surface area contributed by atoms with Gasteiger partial charge < -0.3 is 19.9 Å². The van der Waals surface area contributed by atoms with Crippen molar-refractivity contribution in [1.82, 2.24) is 14.9 Å². The van der Waals surface area contributed by atoms with E-state index in [9.17, 15) is 9.18 Å². The summed E-state index contributed by atoms with van der Waals surface area (Å²) in [5, 5.41) is 3.05. The van der Waals surface area contributed by atoms with Crippen LogP contribution < -0.4 is 10.2 Å². The predicted octanol–water partition coefficient (Wildman–Crippen LogP) is 1.94. The molecule has 144 valence electrons. The smallest absolute Gasteiger partial charge is 0.272 e. The van der Waals surface area contributed by atoms with Gasteiger partial charge >= 0.3 is 0 Å². The maximum Gasteiger partial charge on any atom is 0.272 e. The minimum absolute atomic E-state index is 0.136. The molecule has 1 fully saturated rings. The zero-order valence-corrected chi connectivity index (χ0v) is 15.6. The molecule has 1 saturated heterocycles. The van der Waals surface area contributed by atoms with Gasteiger partial charge in [-0.2, -0.15) is 0 Å². The predicted molar refractivity (Wildman–Crippen MR) is 102 cm³/mol. The van der Waals surface area contributed by atoms with Gasteiger partial charge in [-0.15, -0.1) is 0 Å². The number of anilines is 2. The highest BCUT2D eigenvalue weighted by Crippen LogP contribution is 2.20. The Morgan fingerprint density at radius 1 is 1.22 bits per heavy atom. The fraction of sp³-hybridized carbons (Fsp3) is 0.421. The van der Waals surface area contributed by atoms with E-state index in [0.717, 1.165) is 5.69 Å². The molecule has 8 heteroatoms. The summed E-state index contributed by atoms with van der Waals surface area (Å²) in [6.45, 7) is 5.11. The Kier molecular flexibility index (Phi) is 6.18. The molecular formula is C19H24FN5O2. The quantitative estimate of drug-likeness (QED) is 0.781. The number of aryl methyl sites for hydroxylation is 1. The molecule has 1 aliphatic heterocycles. The van der Waals surface area contributed by atoms with E-state index in [1.165, 1.54) is 6.07 Å². The first kappa shape index (κ1) is 19.0. The normalized spacial score (nSPS) is 14.3. The first-order valence-corrected chi connectivity index (χ1v) is 8.95. The number of piperazine rings is 1. The van der Waals surface area contributed by atoms with Gasteiger partial charge in [0.05, 0.1) is 12.3 Å². The third-order valence-electron chi connectivity index (χ3n) is 4.42. The van der Waals surface area contributed by atoms with E-state index in [4.69, 9.17) is 4.74 Å². The number of hydrogen-bond donors (Lipinski definition) is 1. The first-order chi connectivity index (χ1) is 13.1. The van der Waals surface area contributed by atoms with Crippen molar-refractivity contribution in [1.29, 1.82) is 0 Å². The molecule has 0 unspecified atom stereocenters. The number of nitrogens with one attached hydrogen (secondary N) is 1. The molecule has 1 amide bonds. The summed E-state index contributed by atoms with van der Waals surface area (Å²) in [5.41, 5.74) is 1.66. The number of carbonyl (C=O) groups is 1. The molecular weight excluding hydrogens is 349 g/mol. The second kappa shape index (κ2) is 8.77. The zero-order chi connectivity index (χ0) is 19.2. The summed E-state index contributed by atoms with van der Waals surface area (Å²) in [4.78, 5) is 25.2. The SMILES string of the molecule is COCCNc1nc(C)cc(C(=O)N2CCN(c3ccccc3F)CC2)n1. The van der Waals surface area contributed by atoms with E-state index in [1.54, 1.807) is 30.2 Å². The van der Waals surface area contributed by atoms with Gasteiger partial charge in [-0.25, -0.2) is 14.4 Å². The van der Waals surface area contributed by atoms with Crippen LogP contribution in [0.5, 0.6) is 0 Å². The summed E-state index contributed by atoms with van der Waals surface area (Å²) in [6.07, 6.45) is 0. The number of para-hydroxylation sites is 1. The van der Waals surface area contributed by atoms with Crippen molar-refractivity contribution in [3.63, 3.8) is 0 Å². The Morgan fingerprint density at radius 3 is 2.67 bits per heavy atom. The first-order valence-electron chi connectivity index (χ1n) is 8.95. The lowest BCUT2D eigenvalue weighted by atomic mass is 10.2. The molecule has 3 rings (SSSR count). The number of amides is 1. The third-order valence-corrected chi connectivity index (χ3v) is 4.42. The number of carbonyl (C=O) groups excluding carboxylic acids is 1. The van der Waals surface area contributed by atoms with E-state index >= 15 is 0 Å². The van der Waals surface area contributed by atoms with E-state index < -0.39 is 0 Å². The van der Waals surface area contributed by atoms with E-state index in [1.807, 2.05) is 17.9 Å². The number of halogens is 1. The molecule has 0 radical (unpaired) electrons. The molecule has 0 atom stereocenters. The molecule has 7 nitrogen and oxygen atoms in total. The van der Waals surface area contributed by atoms with Crippen molar-refractivity contribution >= 4 is 17.5 Å². The number of ether oxygens (including phenoxy) is 1. The lowest BCUT2D eigenvalue weighted by molar-refractivity contribution is 0.0740. The van der Waals surface area contributed by atoms with Gasteiger partial charge in [0.2, 0.25) is 5.95 Å². The molecule has 1 aromatic heterocycles. The van der Waals surface area contributed by atoms with Crippen LogP contribution in [-0.2, 0) is 4.74 Å². The minimum atomic E-state index is -0.240. The molecule has 27 heavy (non-hydrogen) atoms. The van der Waals surface area contributed by atoms with Gasteiger partial charge in [-0.05, 0) is 25.1 Å². The van der Waals surface area contributed by atoms with Crippen LogP contribution in [0.3, 0.4) is 0 Å². The maximum absolute atomic E-state index is 14.0. The average molecular weight is 373 g/mol. The summed E-state index contributed by atoms with van der Waals surface area (Å²) >= 11 is 0. The van der Waals surface area contributed by atoms with Crippen molar-refractivity contribution in [2.24, 2.45) is 0 Å². The second-order valence-electron chi connectivity index (χ2n) is 6.37. The van der Waals surface area contributed by atoms with Crippen LogP contribution in [0.2, 0.25) is 0 Å². The number of hydrogen-bond acceptors (Lipinski definition) is 6. The Labute approximate surface area is 158 Å². The van der Waals surface area contributed by atoms with Gasteiger partial charge in [0.15, 0.2) is 0 Å². The summed E-state index contributed by atoms with van der Waals surface area (Å²) in [7, 11) is 1.62. The number of aromatic nitrogens is 2. The fourth-order valence-electron chi connectivity index (χ4n) is 3.04. The Morgan fingerprint density at radius 2 is 1.96 bits per heavy atom. The van der Waals surface area contributed by atoms with Crippen molar-refractivity contribution in [3.8, 4) is 0 Å². The van der Waals surface area contributed by atoms with E-state index in [-0.39, 0.29) is 11.7 Å². The van der Waals surface area contributed by atoms with E-state index in [0.29, 0.717) is 56.7 Å². The largest absolute Gasteiger partial charge is 0.383 e. The molecule has 0 aliphatic carbocycles. The van der Waals surface area contributed by atoms with Crippen molar-refractivity contribution in [2.45, 2.75) is 6.92 Å². The Bertz CT molecular complexity index is 793. The average Bonchev–Trinajstić information content (AvgIpc) is 2.68. The molecule has 0 bridgehead atoms. The number of benzene rings is 1. The standard InChI is InChI=1S/C19H24FN5O2/c1-14-13-16(23-19(22-14)21-7-12-27-2)18(26)25-10-8-24(9-11-25)17-6-4-3-5-15(17)20/h3-6,13H,7-12H2,1-2H3,(H,21,22,23). The number of nitrogens with zero attached hydrogens (tertiary/aromatic N) is 4. The molecule has 1 aromatic carbocycles. The van der Waals surface area contributed by atoms with Crippen molar-refractivity contribution in [3.05, 3.63) is 47.5 Å². The Balaban J connectivity index is 1.64. The zero-order valence-electron chi connectivity index (χ0n) is 15.6. The van der Waals surface area contributed by atoms with Crippen LogP contribution in [-0.4, -0.2) is 67.2 Å². The lowest BCUT2D eigenvalue weighted by Crippen LogP contribution is -2.49. The van der Waals surface area contributed by atoms with Gasteiger partial charge in [0, 0.05) is 45.5 Å². The highest BCUT2D eigenvalue weighted by Gasteiger charge is 2.24. The number of methoxy groups -OCH3 is 1. The highest BCUT2D eigenvalue weighted by molar-refractivity contribution is 5.92. The van der Waals surface area contributed by atoms with Gasteiger partial charge in [0.25, 0.3) is 5.91 Å². The van der Waals surface area contributed by atoms with Crippen molar-refractivity contribution < 1.29 is 13.9 Å². The van der Waals surface area contributed by atoms with Crippen LogP contribution in [0.4, 0.5) is 16.0 Å². The van der Waals surface area contributed by atoms with Gasteiger partial charge in [-0.1, -0.05) is 12.1 Å². The topological polar surface area (TPSA) is 70.6 Å². The van der Waals surface area contributed by atoms with Crippen LogP contribution in [0.15, 0.2) is 30.3 Å². The number of rotatable bonds is 6. The lowest BCUT2D eigenvalue weighted by Gasteiger charge is -2.36. The summed E-state index contributed by atoms with van der Waals surface area (Å²) in [5.74, 6) is 0.0411. The molecule has 0 spiro atoms. The van der Waals surface area contributed by atoms with E-state index in [2.05, 4.69) is 15.3 Å². The molecule has 1 aliphatic rings. The van der Waals surface area contributed by atoms with Crippen molar-refractivity contribution in [2.75, 3.05) is 56.7 Å². The second-order valence-corrected chi connectivity index (χ2v) is 6.37. The molecule has 0 saturated carbocycles. The molecule has 1 N–H and O–H groups in total.